The smallest absolute Gasteiger partial charge is 0.254 e. The first kappa shape index (κ1) is 20.8. The standard InChI is InChI=1S/C26H26N2O3/c1-19-10-12-21(13-11-19)23-9-5-6-20(16-23)17-26(25(27)30)18-28(14-15-31-26)24(29)22-7-3-2-4-8-22/h2-13,16H,14-15,17-18H2,1H3,(H2,27,30)/t26-/m0/s1. The summed E-state index contributed by atoms with van der Waals surface area (Å²) in [5.74, 6) is -0.679. The van der Waals surface area contributed by atoms with Gasteiger partial charge < -0.3 is 15.4 Å². The Morgan fingerprint density at radius 2 is 1.71 bits per heavy atom. The predicted molar refractivity (Wildman–Crippen MR) is 121 cm³/mol. The average Bonchev–Trinajstić information content (AvgIpc) is 2.80. The van der Waals surface area contributed by atoms with Crippen LogP contribution < -0.4 is 5.73 Å². The molecule has 0 unspecified atom stereocenters. The van der Waals surface area contributed by atoms with E-state index in [0.29, 0.717) is 18.5 Å². The summed E-state index contributed by atoms with van der Waals surface area (Å²) >= 11 is 0. The zero-order chi connectivity index (χ0) is 21.8. The first-order valence-electron chi connectivity index (χ1n) is 10.4. The second-order valence-corrected chi connectivity index (χ2v) is 8.04. The third-order valence-electron chi connectivity index (χ3n) is 5.74. The van der Waals surface area contributed by atoms with Crippen LogP contribution in [0.4, 0.5) is 0 Å². The van der Waals surface area contributed by atoms with Gasteiger partial charge >= 0.3 is 0 Å². The van der Waals surface area contributed by atoms with Gasteiger partial charge in [-0.05, 0) is 35.7 Å². The molecule has 0 bridgehead atoms. The molecular formula is C26H26N2O3. The molecule has 5 nitrogen and oxygen atoms in total. The summed E-state index contributed by atoms with van der Waals surface area (Å²) in [5.41, 5.74) is 9.45. The Kier molecular flexibility index (Phi) is 5.87. The lowest BCUT2D eigenvalue weighted by molar-refractivity contribution is -0.153. The van der Waals surface area contributed by atoms with Gasteiger partial charge in [-0.1, -0.05) is 72.3 Å². The summed E-state index contributed by atoms with van der Waals surface area (Å²) in [5, 5.41) is 0. The van der Waals surface area contributed by atoms with Gasteiger partial charge in [0, 0.05) is 18.5 Å². The second kappa shape index (κ2) is 8.74. The van der Waals surface area contributed by atoms with Crippen molar-refractivity contribution in [1.29, 1.82) is 0 Å². The van der Waals surface area contributed by atoms with E-state index in [0.717, 1.165) is 16.7 Å². The summed E-state index contributed by atoms with van der Waals surface area (Å²) in [7, 11) is 0. The molecule has 158 valence electrons. The average molecular weight is 415 g/mol. The highest BCUT2D eigenvalue weighted by atomic mass is 16.5. The zero-order valence-electron chi connectivity index (χ0n) is 17.6. The molecule has 1 atom stereocenters. The molecule has 5 heteroatoms. The van der Waals surface area contributed by atoms with E-state index in [1.165, 1.54) is 5.56 Å². The summed E-state index contributed by atoms with van der Waals surface area (Å²) in [6.07, 6.45) is 0.306. The molecule has 3 aromatic rings. The van der Waals surface area contributed by atoms with Crippen molar-refractivity contribution in [3.63, 3.8) is 0 Å². The quantitative estimate of drug-likeness (QED) is 0.693. The van der Waals surface area contributed by atoms with Crippen molar-refractivity contribution >= 4 is 11.8 Å². The maximum Gasteiger partial charge on any atom is 0.254 e. The number of hydrogen-bond donors (Lipinski definition) is 1. The number of carbonyl (C=O) groups excluding carboxylic acids is 2. The third kappa shape index (κ3) is 4.52. The molecule has 0 saturated carbocycles. The Balaban J connectivity index is 1.59. The van der Waals surface area contributed by atoms with Gasteiger partial charge in [0.2, 0.25) is 0 Å². The van der Waals surface area contributed by atoms with Crippen LogP contribution in [-0.2, 0) is 16.0 Å². The molecule has 1 fully saturated rings. The molecule has 1 aliphatic heterocycles. The number of amides is 2. The normalized spacial score (nSPS) is 18.5. The van der Waals surface area contributed by atoms with Crippen LogP contribution in [0.1, 0.15) is 21.5 Å². The number of hydrogen-bond acceptors (Lipinski definition) is 3. The van der Waals surface area contributed by atoms with E-state index >= 15 is 0 Å². The van der Waals surface area contributed by atoms with E-state index in [4.69, 9.17) is 10.5 Å². The Morgan fingerprint density at radius 1 is 0.968 bits per heavy atom. The number of rotatable bonds is 5. The highest BCUT2D eigenvalue weighted by Crippen LogP contribution is 2.27. The Labute approximate surface area is 182 Å². The molecule has 2 N–H and O–H groups in total. The molecule has 2 amide bonds. The summed E-state index contributed by atoms with van der Waals surface area (Å²) in [6, 6.07) is 25.4. The van der Waals surface area contributed by atoms with Crippen LogP contribution >= 0.6 is 0 Å². The number of benzene rings is 3. The van der Waals surface area contributed by atoms with E-state index in [-0.39, 0.29) is 19.1 Å². The number of morpholine rings is 1. The maximum atomic E-state index is 12.9. The summed E-state index contributed by atoms with van der Waals surface area (Å²) in [6.45, 7) is 2.87. The van der Waals surface area contributed by atoms with Crippen molar-refractivity contribution in [2.24, 2.45) is 5.73 Å². The lowest BCUT2D eigenvalue weighted by Gasteiger charge is -2.40. The van der Waals surface area contributed by atoms with Crippen LogP contribution in [-0.4, -0.2) is 42.0 Å². The van der Waals surface area contributed by atoms with Gasteiger partial charge in [0.25, 0.3) is 11.8 Å². The van der Waals surface area contributed by atoms with Gasteiger partial charge in [-0.25, -0.2) is 0 Å². The maximum absolute atomic E-state index is 12.9. The van der Waals surface area contributed by atoms with Gasteiger partial charge in [0.15, 0.2) is 5.60 Å². The number of carbonyl (C=O) groups is 2. The number of aryl methyl sites for hydroxylation is 1. The molecule has 31 heavy (non-hydrogen) atoms. The first-order chi connectivity index (χ1) is 15.0. The van der Waals surface area contributed by atoms with Gasteiger partial charge in [0.05, 0.1) is 13.2 Å². The molecule has 0 aromatic heterocycles. The molecule has 1 aliphatic rings. The lowest BCUT2D eigenvalue weighted by atomic mass is 9.90. The van der Waals surface area contributed by atoms with Crippen molar-refractivity contribution in [3.8, 4) is 11.1 Å². The fourth-order valence-electron chi connectivity index (χ4n) is 4.00. The monoisotopic (exact) mass is 414 g/mol. The Morgan fingerprint density at radius 3 is 2.42 bits per heavy atom. The van der Waals surface area contributed by atoms with E-state index in [2.05, 4.69) is 37.3 Å². The van der Waals surface area contributed by atoms with E-state index in [9.17, 15) is 9.59 Å². The van der Waals surface area contributed by atoms with Crippen LogP contribution in [0.25, 0.3) is 11.1 Å². The molecular weight excluding hydrogens is 388 g/mol. The van der Waals surface area contributed by atoms with Crippen molar-refractivity contribution in [2.75, 3.05) is 19.7 Å². The van der Waals surface area contributed by atoms with Gasteiger partial charge in [-0.3, -0.25) is 9.59 Å². The van der Waals surface area contributed by atoms with Crippen molar-refractivity contribution in [1.82, 2.24) is 4.90 Å². The first-order valence-corrected chi connectivity index (χ1v) is 10.4. The summed E-state index contributed by atoms with van der Waals surface area (Å²) in [4.78, 5) is 27.1. The predicted octanol–water partition coefficient (Wildman–Crippen LogP) is 3.60. The summed E-state index contributed by atoms with van der Waals surface area (Å²) < 4.78 is 5.94. The van der Waals surface area contributed by atoms with Crippen LogP contribution in [0.3, 0.4) is 0 Å². The van der Waals surface area contributed by atoms with Crippen molar-refractivity contribution in [3.05, 3.63) is 95.6 Å². The Hall–Kier alpha value is -3.44. The SMILES string of the molecule is Cc1ccc(-c2cccc(C[C@@]3(C(N)=O)CN(C(=O)c4ccccc4)CCO3)c2)cc1. The number of nitrogens with zero attached hydrogens (tertiary/aromatic N) is 1. The van der Waals surface area contributed by atoms with E-state index in [1.807, 2.05) is 36.4 Å². The van der Waals surface area contributed by atoms with Crippen LogP contribution in [0.2, 0.25) is 0 Å². The zero-order valence-corrected chi connectivity index (χ0v) is 17.6. The van der Waals surface area contributed by atoms with Crippen molar-refractivity contribution in [2.45, 2.75) is 18.9 Å². The number of nitrogens with two attached hydrogens (primary N) is 1. The minimum atomic E-state index is -1.26. The fourth-order valence-corrected chi connectivity index (χ4v) is 4.00. The van der Waals surface area contributed by atoms with Gasteiger partial charge in [0.1, 0.15) is 0 Å². The Bertz CT molecular complexity index is 1080. The molecule has 0 aliphatic carbocycles. The largest absolute Gasteiger partial charge is 0.367 e. The van der Waals surface area contributed by atoms with Gasteiger partial charge in [-0.15, -0.1) is 0 Å². The third-order valence-corrected chi connectivity index (χ3v) is 5.74. The molecule has 1 saturated heterocycles. The topological polar surface area (TPSA) is 72.6 Å². The van der Waals surface area contributed by atoms with Crippen LogP contribution in [0, 0.1) is 6.92 Å². The molecule has 1 heterocycles. The van der Waals surface area contributed by atoms with Crippen LogP contribution in [0.15, 0.2) is 78.9 Å². The number of ether oxygens (including phenoxy) is 1. The molecule has 3 aromatic carbocycles. The minimum Gasteiger partial charge on any atom is -0.367 e. The lowest BCUT2D eigenvalue weighted by Crippen LogP contribution is -2.61. The van der Waals surface area contributed by atoms with Crippen LogP contribution in [0.5, 0.6) is 0 Å². The highest BCUT2D eigenvalue weighted by molar-refractivity contribution is 5.95. The van der Waals surface area contributed by atoms with Crippen molar-refractivity contribution < 1.29 is 14.3 Å². The number of primary amides is 1. The fraction of sp³-hybridized carbons (Fsp3) is 0.231. The minimum absolute atomic E-state index is 0.122. The molecule has 4 rings (SSSR count). The molecule has 0 radical (unpaired) electrons. The second-order valence-electron chi connectivity index (χ2n) is 8.04. The van der Waals surface area contributed by atoms with E-state index < -0.39 is 11.5 Å². The van der Waals surface area contributed by atoms with E-state index in [1.54, 1.807) is 17.0 Å². The highest BCUT2D eigenvalue weighted by Gasteiger charge is 2.44. The molecule has 0 spiro atoms. The van der Waals surface area contributed by atoms with Gasteiger partial charge in [-0.2, -0.15) is 0 Å².